The summed E-state index contributed by atoms with van der Waals surface area (Å²) in [5, 5.41) is 102. The monoisotopic (exact) mass is 1800 g/mol. The summed E-state index contributed by atoms with van der Waals surface area (Å²) in [5.41, 5.74) is -1.95. The van der Waals surface area contributed by atoms with Crippen molar-refractivity contribution < 1.29 is 52.2 Å². The van der Waals surface area contributed by atoms with Crippen molar-refractivity contribution in [3.05, 3.63) is 456 Å². The van der Waals surface area contributed by atoms with Crippen LogP contribution < -0.4 is 73.8 Å². The lowest BCUT2D eigenvalue weighted by Crippen LogP contribution is -2.28. The number of halogens is 6. The van der Waals surface area contributed by atoms with Crippen LogP contribution in [0.1, 0.15) is 47.2 Å². The molecule has 42 heteroatoms. The van der Waals surface area contributed by atoms with Crippen molar-refractivity contribution in [3.63, 3.8) is 0 Å². The van der Waals surface area contributed by atoms with E-state index in [1.807, 2.05) is 133 Å². The minimum absolute atomic E-state index is 0.0247. The van der Waals surface area contributed by atoms with E-state index in [-0.39, 0.29) is 104 Å². The molecule has 0 saturated carbocycles. The van der Waals surface area contributed by atoms with Crippen LogP contribution in [0.3, 0.4) is 0 Å². The second-order valence-corrected chi connectivity index (χ2v) is 28.8. The van der Waals surface area contributed by atoms with E-state index >= 15 is 0 Å². The second-order valence-electron chi connectivity index (χ2n) is 27.6. The number of ether oxygens (including phenoxy) is 2. The minimum atomic E-state index is -1.24. The maximum absolute atomic E-state index is 14.3. The van der Waals surface area contributed by atoms with Crippen LogP contribution in [0.15, 0.2) is 325 Å². The fourth-order valence-electron chi connectivity index (χ4n) is 13.6. The van der Waals surface area contributed by atoms with Crippen LogP contribution in [0.4, 0.5) is 47.3 Å². The Morgan fingerprint density at radius 2 is 0.523 bits per heavy atom. The number of benzene rings is 12. The second kappa shape index (κ2) is 37.4. The number of hydrogen-bond acceptors (Lipinski definition) is 30. The van der Waals surface area contributed by atoms with Gasteiger partial charge in [-0.05, 0) is 74.5 Å². The number of rotatable bonds is 14. The molecule has 12 aromatic carbocycles. The SMILES string of the molecule is COc1ccc(C2(C)N=c3c(Cl)ccc([N+](=O)[O-])c3=N2)cc1.COc1ccc(C2(C)N=c3c(F)ccc([N+](=O)[O-])c3=N2)cc1.N#CC(C#N)=C1N=c2c(Cl)ccc([N+](=O)[O-])c2=N1.N#CC(C#N)=C1N=c2c(F)ccc([N+](=O)[O-])c2=N1.O=[N+]([O-])c1ccc(Cl)c2c1=NC(c1ccccc1)(c1ccccc1)N=2.O=[N+]([O-])c1ccc(F)c2c1=NC(c1ccccc1)(c1ccccc1)N=2. The highest BCUT2D eigenvalue weighted by Gasteiger charge is 2.41. The van der Waals surface area contributed by atoms with Gasteiger partial charge in [-0.2, -0.15) is 21.0 Å². The van der Waals surface area contributed by atoms with E-state index in [1.165, 1.54) is 48.5 Å². The fourth-order valence-corrected chi connectivity index (χ4v) is 14.2. The van der Waals surface area contributed by atoms with E-state index < -0.39 is 80.9 Å². The maximum atomic E-state index is 14.3. The summed E-state index contributed by atoms with van der Waals surface area (Å²) in [6.07, 6.45) is 0. The number of non-ortho nitro benzene ring substituents is 6. The van der Waals surface area contributed by atoms with Gasteiger partial charge >= 0.3 is 0 Å². The Morgan fingerprint density at radius 3 is 0.854 bits per heavy atom. The molecule has 0 spiro atoms. The molecule has 0 fully saturated rings. The molecule has 0 radical (unpaired) electrons. The number of nitriles is 4. The van der Waals surface area contributed by atoms with Gasteiger partial charge in [0.05, 0.1) is 58.8 Å². The summed E-state index contributed by atoms with van der Waals surface area (Å²) in [6, 6.07) is 72.2. The van der Waals surface area contributed by atoms with E-state index in [0.29, 0.717) is 48.9 Å². The Morgan fingerprint density at radius 1 is 0.292 bits per heavy atom. The fraction of sp³-hybridized carbons (Fsp3) is 0.0909. The van der Waals surface area contributed by atoms with E-state index in [1.54, 1.807) is 76.6 Å². The summed E-state index contributed by atoms with van der Waals surface area (Å²) in [6.45, 7) is 3.47. The van der Waals surface area contributed by atoms with Crippen LogP contribution in [-0.2, 0) is 22.7 Å². The topological polar surface area (TPSA) is 521 Å². The first-order valence-corrected chi connectivity index (χ1v) is 38.5. The Labute approximate surface area is 740 Å². The lowest BCUT2D eigenvalue weighted by Gasteiger charge is -2.24. The van der Waals surface area contributed by atoms with Gasteiger partial charge in [-0.1, -0.05) is 180 Å². The Bertz CT molecular complexity index is 7350. The van der Waals surface area contributed by atoms with Gasteiger partial charge in [-0.15, -0.1) is 0 Å². The molecule has 6 heterocycles. The van der Waals surface area contributed by atoms with Gasteiger partial charge in [-0.3, -0.25) is 60.7 Å². The van der Waals surface area contributed by atoms with Crippen LogP contribution in [0.25, 0.3) is 0 Å². The highest BCUT2D eigenvalue weighted by Crippen LogP contribution is 2.39. The number of methoxy groups -OCH3 is 2. The molecule has 36 nitrogen and oxygen atoms in total. The zero-order chi connectivity index (χ0) is 93.3. The highest BCUT2D eigenvalue weighted by molar-refractivity contribution is 6.31. The van der Waals surface area contributed by atoms with E-state index in [0.717, 1.165) is 53.1 Å². The Kier molecular flexibility index (Phi) is 25.9. The van der Waals surface area contributed by atoms with Gasteiger partial charge in [0.15, 0.2) is 83.7 Å². The van der Waals surface area contributed by atoms with Gasteiger partial charge in [0, 0.05) is 69.8 Å². The molecule has 12 aromatic rings. The summed E-state index contributed by atoms with van der Waals surface area (Å²) in [5.74, 6) is -1.15. The van der Waals surface area contributed by atoms with E-state index in [4.69, 9.17) is 75.3 Å². The lowest BCUT2D eigenvalue weighted by molar-refractivity contribution is -0.386. The average Bonchev–Trinajstić information content (AvgIpc) is 1.58. The predicted octanol–water partition coefficient (Wildman–Crippen LogP) is 11.5. The predicted molar refractivity (Wildman–Crippen MR) is 452 cm³/mol. The Hall–Kier alpha value is -17.7. The van der Waals surface area contributed by atoms with Crippen LogP contribution in [0.5, 0.6) is 11.5 Å². The Balaban J connectivity index is 0.000000134. The van der Waals surface area contributed by atoms with Gasteiger partial charge < -0.3 is 9.47 Å². The lowest BCUT2D eigenvalue weighted by atomic mass is 9.92. The number of nitro groups is 6. The van der Waals surface area contributed by atoms with Gasteiger partial charge in [-0.25, -0.2) is 73.1 Å². The number of nitro benzene ring substituents is 6. The molecule has 2 atom stereocenters. The zero-order valence-corrected chi connectivity index (χ0v) is 69.2. The van der Waals surface area contributed by atoms with Crippen molar-refractivity contribution >= 4 is 68.9 Å². The van der Waals surface area contributed by atoms with Gasteiger partial charge in [0.2, 0.25) is 11.3 Å². The maximum Gasteiger partial charge on any atom is 0.297 e. The first-order chi connectivity index (χ1) is 62.3. The van der Waals surface area contributed by atoms with Crippen LogP contribution in [0.2, 0.25) is 15.1 Å². The van der Waals surface area contributed by atoms with Crippen molar-refractivity contribution in [1.29, 1.82) is 21.0 Å². The molecular formula is C88H52Cl3F3N22O14. The molecule has 6 aliphatic rings. The molecule has 0 N–H and O–H groups in total. The van der Waals surface area contributed by atoms with Crippen molar-refractivity contribution in [1.82, 2.24) is 0 Å². The minimum Gasteiger partial charge on any atom is -0.497 e. The molecule has 0 aliphatic carbocycles. The summed E-state index contributed by atoms with van der Waals surface area (Å²) in [4.78, 5) is 114. The van der Waals surface area contributed by atoms with Crippen LogP contribution in [-0.4, -0.2) is 43.8 Å². The van der Waals surface area contributed by atoms with Crippen molar-refractivity contribution in [2.45, 2.75) is 36.5 Å². The molecule has 0 amide bonds. The largest absolute Gasteiger partial charge is 0.497 e. The van der Waals surface area contributed by atoms with E-state index in [2.05, 4.69) is 49.9 Å². The normalized spacial score (nSPS) is 15.2. The van der Waals surface area contributed by atoms with Crippen molar-refractivity contribution in [3.8, 4) is 35.8 Å². The van der Waals surface area contributed by atoms with Crippen LogP contribution >= 0.6 is 34.8 Å². The molecular weight excluding hydrogens is 1750 g/mol. The summed E-state index contributed by atoms with van der Waals surface area (Å²) >= 11 is 18.2. The zero-order valence-electron chi connectivity index (χ0n) is 66.9. The third kappa shape index (κ3) is 17.8. The number of hydrogen-bond donors (Lipinski definition) is 0. The summed E-state index contributed by atoms with van der Waals surface area (Å²) in [7, 11) is 3.13. The van der Waals surface area contributed by atoms with Gasteiger partial charge in [0.25, 0.3) is 34.1 Å². The van der Waals surface area contributed by atoms with E-state index in [9.17, 15) is 73.9 Å². The average molecular weight is 1800 g/mol. The highest BCUT2D eigenvalue weighted by atomic mass is 35.5. The standard InChI is InChI=1S/C19H12ClN3O2.C19H12FN3O2.C15H12ClN3O3.C15H12FN3O3.C10H2ClN5O2.C10H2FN5O2/c2*20-15-11-12-16(23(24)25)18-17(15)21-19(22-18,13-7-3-1-4-8-13)14-9-5-2-6-10-14;2*1-15(9-3-5-10(22-2)6-4-9)17-13-11(16)7-8-12(19(20)21)14(13)18-15;2*11-6-1-2-7(16(17)18)9-8(6)14-10(15-9)5(3-12)4-13/h2*1-12H;2*3-8H,1-2H3;2*1-2H. The molecule has 0 bridgehead atoms. The third-order valence-corrected chi connectivity index (χ3v) is 20.7. The number of nitrogens with zero attached hydrogens (tertiary/aromatic N) is 22. The summed E-state index contributed by atoms with van der Waals surface area (Å²) < 4.78 is 51.9. The molecule has 18 rings (SSSR count). The number of allylic oxidation sites excluding steroid dienone is 2. The first-order valence-electron chi connectivity index (χ1n) is 37.4. The van der Waals surface area contributed by atoms with Crippen molar-refractivity contribution in [2.24, 2.45) is 59.9 Å². The first kappa shape index (κ1) is 90.1. The molecule has 130 heavy (non-hydrogen) atoms. The van der Waals surface area contributed by atoms with Crippen LogP contribution in [0, 0.1) is 123 Å². The molecule has 640 valence electrons. The third-order valence-electron chi connectivity index (χ3n) is 19.8. The smallest absolute Gasteiger partial charge is 0.297 e. The molecule has 0 saturated heterocycles. The molecule has 0 aromatic heterocycles. The van der Waals surface area contributed by atoms with Crippen molar-refractivity contribution in [2.75, 3.05) is 14.2 Å². The number of fused-ring (bicyclic) bond motifs is 6. The molecule has 2 unspecified atom stereocenters. The quantitative estimate of drug-likeness (QED) is 0.0554. The van der Waals surface area contributed by atoms with Gasteiger partial charge in [0.1, 0.15) is 67.9 Å². The molecule has 6 aliphatic heterocycles.